The van der Waals surface area contributed by atoms with Crippen LogP contribution in [0.2, 0.25) is 0 Å². The minimum absolute atomic E-state index is 0.281. The Morgan fingerprint density at radius 1 is 1.28 bits per heavy atom. The molecule has 0 aromatic carbocycles. The van der Waals surface area contributed by atoms with Gasteiger partial charge in [-0.3, -0.25) is 14.1 Å². The molecule has 0 aliphatic carbocycles. The zero-order valence-electron chi connectivity index (χ0n) is 12.4. The van der Waals surface area contributed by atoms with Gasteiger partial charge >= 0.3 is 5.97 Å². The van der Waals surface area contributed by atoms with Crippen LogP contribution in [0, 0.1) is 11.3 Å². The molecule has 0 aromatic rings. The van der Waals surface area contributed by atoms with Crippen LogP contribution in [-0.2, 0) is 14.3 Å². The second kappa shape index (κ2) is 6.18. The Labute approximate surface area is 110 Å². The summed E-state index contributed by atoms with van der Waals surface area (Å²) in [5.41, 5.74) is 4.54. The number of quaternary nitrogens is 1. The molecule has 0 spiro atoms. The van der Waals surface area contributed by atoms with Crippen molar-refractivity contribution in [3.63, 3.8) is 0 Å². The molecule has 2 atom stereocenters. The van der Waals surface area contributed by atoms with Gasteiger partial charge in [0.2, 0.25) is 12.6 Å². The fourth-order valence-corrected chi connectivity index (χ4v) is 1.92. The molecule has 0 rings (SSSR count). The van der Waals surface area contributed by atoms with Crippen LogP contribution in [-0.4, -0.2) is 44.2 Å². The number of esters is 1. The van der Waals surface area contributed by atoms with Gasteiger partial charge in [0.1, 0.15) is 0 Å². The third-order valence-electron chi connectivity index (χ3n) is 3.30. The molecule has 2 N–H and O–H groups in total. The molecular formula is C13H27N2O3+. The summed E-state index contributed by atoms with van der Waals surface area (Å²) in [7, 11) is 5.80. The van der Waals surface area contributed by atoms with Gasteiger partial charge in [0, 0.05) is 0 Å². The van der Waals surface area contributed by atoms with Gasteiger partial charge in [-0.1, -0.05) is 13.8 Å². The van der Waals surface area contributed by atoms with E-state index in [1.54, 1.807) is 6.92 Å². The Morgan fingerprint density at radius 3 is 2.06 bits per heavy atom. The molecule has 2 unspecified atom stereocenters. The van der Waals surface area contributed by atoms with E-state index < -0.39 is 17.2 Å². The van der Waals surface area contributed by atoms with Crippen LogP contribution in [0.15, 0.2) is 0 Å². The van der Waals surface area contributed by atoms with Crippen molar-refractivity contribution < 1.29 is 18.8 Å². The van der Waals surface area contributed by atoms with Gasteiger partial charge in [0.25, 0.3) is 0 Å². The van der Waals surface area contributed by atoms with Crippen molar-refractivity contribution in [1.29, 1.82) is 0 Å². The minimum Gasteiger partial charge on any atom is -0.415 e. The Bertz CT molecular complexity index is 310. The summed E-state index contributed by atoms with van der Waals surface area (Å²) in [6, 6.07) is 0. The quantitative estimate of drug-likeness (QED) is 0.423. The van der Waals surface area contributed by atoms with Gasteiger partial charge in [-0.25, -0.2) is 0 Å². The number of rotatable bonds is 7. The first kappa shape index (κ1) is 16.9. The molecule has 0 saturated carbocycles. The molecule has 5 heteroatoms. The second-order valence-electron chi connectivity index (χ2n) is 5.99. The Hall–Kier alpha value is -1.10. The highest BCUT2D eigenvalue weighted by atomic mass is 16.5. The van der Waals surface area contributed by atoms with Gasteiger partial charge in [-0.15, -0.1) is 0 Å². The summed E-state index contributed by atoms with van der Waals surface area (Å²) in [5, 5.41) is 0. The lowest BCUT2D eigenvalue weighted by Gasteiger charge is -2.33. The van der Waals surface area contributed by atoms with Gasteiger partial charge < -0.3 is 10.5 Å². The van der Waals surface area contributed by atoms with Gasteiger partial charge in [-0.2, -0.15) is 0 Å². The monoisotopic (exact) mass is 259 g/mol. The molecule has 18 heavy (non-hydrogen) atoms. The fourth-order valence-electron chi connectivity index (χ4n) is 1.92. The predicted octanol–water partition coefficient (Wildman–Crippen LogP) is 1.12. The molecule has 0 aliphatic rings. The molecule has 0 heterocycles. The zero-order chi connectivity index (χ0) is 14.6. The molecule has 0 radical (unpaired) electrons. The van der Waals surface area contributed by atoms with E-state index in [0.717, 1.165) is 0 Å². The molecule has 5 nitrogen and oxygen atoms in total. The first-order valence-corrected chi connectivity index (χ1v) is 6.35. The largest absolute Gasteiger partial charge is 0.415 e. The van der Waals surface area contributed by atoms with Crippen molar-refractivity contribution >= 4 is 11.9 Å². The Kier molecular flexibility index (Phi) is 5.80. The van der Waals surface area contributed by atoms with Crippen LogP contribution in [0.5, 0.6) is 0 Å². The van der Waals surface area contributed by atoms with E-state index in [1.165, 1.54) is 0 Å². The van der Waals surface area contributed by atoms with E-state index in [2.05, 4.69) is 0 Å². The molecule has 0 aromatic heterocycles. The maximum atomic E-state index is 12.2. The van der Waals surface area contributed by atoms with Crippen molar-refractivity contribution in [3.05, 3.63) is 0 Å². The fraction of sp³-hybridized carbons (Fsp3) is 0.846. The van der Waals surface area contributed by atoms with Crippen molar-refractivity contribution in [2.24, 2.45) is 17.1 Å². The number of carbonyl (C=O) groups is 2. The highest BCUT2D eigenvalue weighted by Crippen LogP contribution is 2.35. The smallest absolute Gasteiger partial charge is 0.316 e. The number of hydrogen-bond acceptors (Lipinski definition) is 3. The van der Waals surface area contributed by atoms with E-state index in [1.807, 2.05) is 35.0 Å². The Morgan fingerprint density at radius 2 is 1.78 bits per heavy atom. The average Bonchev–Trinajstić information content (AvgIpc) is 2.24. The molecule has 1 amide bonds. The van der Waals surface area contributed by atoms with Crippen molar-refractivity contribution in [3.8, 4) is 0 Å². The number of ether oxygens (including phenoxy) is 1. The van der Waals surface area contributed by atoms with Crippen LogP contribution in [0.1, 0.15) is 33.6 Å². The first-order chi connectivity index (χ1) is 8.08. The summed E-state index contributed by atoms with van der Waals surface area (Å²) in [6.07, 6.45) is 1.07. The number of nitrogens with two attached hydrogens (primary N) is 1. The highest BCUT2D eigenvalue weighted by molar-refractivity contribution is 5.86. The molecule has 0 fully saturated rings. The van der Waals surface area contributed by atoms with Crippen LogP contribution >= 0.6 is 0 Å². The highest BCUT2D eigenvalue weighted by Gasteiger charge is 2.43. The first-order valence-electron chi connectivity index (χ1n) is 6.35. The summed E-state index contributed by atoms with van der Waals surface area (Å²) >= 11 is 0. The van der Waals surface area contributed by atoms with Gasteiger partial charge in [0.05, 0.1) is 32.5 Å². The van der Waals surface area contributed by atoms with Crippen LogP contribution in [0.4, 0.5) is 0 Å². The molecule has 0 aliphatic heterocycles. The topological polar surface area (TPSA) is 69.4 Å². The molecule has 0 bridgehead atoms. The van der Waals surface area contributed by atoms with Crippen molar-refractivity contribution in [1.82, 2.24) is 0 Å². The summed E-state index contributed by atoms with van der Waals surface area (Å²) in [6.45, 7) is 5.77. The van der Waals surface area contributed by atoms with E-state index in [-0.39, 0.29) is 12.7 Å². The number of nitrogens with zero attached hydrogens (tertiary/aromatic N) is 1. The minimum atomic E-state index is -0.838. The van der Waals surface area contributed by atoms with Crippen LogP contribution in [0.25, 0.3) is 0 Å². The van der Waals surface area contributed by atoms with Gasteiger partial charge in [0.15, 0.2) is 0 Å². The number of amides is 1. The second-order valence-corrected chi connectivity index (χ2v) is 5.99. The average molecular weight is 259 g/mol. The number of carbonyl (C=O) groups excluding carboxylic acids is 2. The van der Waals surface area contributed by atoms with E-state index >= 15 is 0 Å². The third kappa shape index (κ3) is 4.29. The standard InChI is InChI=1S/C13H26N2O3/c1-7-10(11(14)16)13(3,8-2)12(17)18-9-15(4,5)6/h10H,7-9H2,1-6H3,(H-,14,16)/p+1. The maximum Gasteiger partial charge on any atom is 0.316 e. The third-order valence-corrected chi connectivity index (χ3v) is 3.30. The molecule has 106 valence electrons. The number of hydrogen-bond donors (Lipinski definition) is 1. The zero-order valence-corrected chi connectivity index (χ0v) is 12.4. The van der Waals surface area contributed by atoms with Crippen LogP contribution < -0.4 is 5.73 Å². The van der Waals surface area contributed by atoms with E-state index in [9.17, 15) is 9.59 Å². The van der Waals surface area contributed by atoms with Gasteiger partial charge in [-0.05, 0) is 19.8 Å². The SMILES string of the molecule is CCC(C(N)=O)C(C)(CC)C(=O)OC[N+](C)(C)C. The van der Waals surface area contributed by atoms with E-state index in [0.29, 0.717) is 17.3 Å². The Balaban J connectivity index is 4.93. The lowest BCUT2D eigenvalue weighted by molar-refractivity contribution is -0.888. The summed E-state index contributed by atoms with van der Waals surface area (Å²) in [5.74, 6) is -1.27. The lowest BCUT2D eigenvalue weighted by Crippen LogP contribution is -2.46. The molecule has 0 saturated heterocycles. The predicted molar refractivity (Wildman–Crippen MR) is 70.4 cm³/mol. The van der Waals surface area contributed by atoms with E-state index in [4.69, 9.17) is 10.5 Å². The van der Waals surface area contributed by atoms with Crippen molar-refractivity contribution in [2.75, 3.05) is 27.9 Å². The van der Waals surface area contributed by atoms with Crippen molar-refractivity contribution in [2.45, 2.75) is 33.6 Å². The normalized spacial score (nSPS) is 16.8. The maximum absolute atomic E-state index is 12.2. The molecular weight excluding hydrogens is 232 g/mol. The lowest BCUT2D eigenvalue weighted by atomic mass is 9.73. The van der Waals surface area contributed by atoms with Crippen LogP contribution in [0.3, 0.4) is 0 Å². The summed E-state index contributed by atoms with van der Waals surface area (Å²) in [4.78, 5) is 23.7. The summed E-state index contributed by atoms with van der Waals surface area (Å²) < 4.78 is 5.85. The number of primary amides is 1.